The third-order valence-electron chi connectivity index (χ3n) is 1.12. The zero-order chi connectivity index (χ0) is 7.98. The summed E-state index contributed by atoms with van der Waals surface area (Å²) >= 11 is 0. The van der Waals surface area contributed by atoms with E-state index >= 15 is 0 Å². The fourth-order valence-electron chi connectivity index (χ4n) is 0.467. The topological polar surface area (TPSA) is 52.3 Å². The molecule has 2 N–H and O–H groups in total. The van der Waals surface area contributed by atoms with Crippen LogP contribution < -0.4 is 5.73 Å². The smallest absolute Gasteiger partial charge is 0.319 e. The third-order valence-corrected chi connectivity index (χ3v) is 1.12. The molecule has 0 radical (unpaired) electrons. The van der Waals surface area contributed by atoms with Gasteiger partial charge < -0.3 is 10.5 Å². The van der Waals surface area contributed by atoms with Gasteiger partial charge in [-0.05, 0) is 12.3 Å². The Morgan fingerprint density at radius 3 is 2.60 bits per heavy atom. The van der Waals surface area contributed by atoms with Crippen LogP contribution in [0.4, 0.5) is 0 Å². The van der Waals surface area contributed by atoms with Gasteiger partial charge in [-0.25, -0.2) is 0 Å². The fraction of sp³-hybridized carbons (Fsp3) is 0.857. The zero-order valence-electron chi connectivity index (χ0n) is 6.59. The molecule has 0 aliphatic heterocycles. The van der Waals surface area contributed by atoms with Gasteiger partial charge in [0.05, 0.1) is 13.2 Å². The van der Waals surface area contributed by atoms with Crippen molar-refractivity contribution < 1.29 is 9.53 Å². The average molecular weight is 145 g/mol. The Balaban J connectivity index is 3.12. The maximum atomic E-state index is 10.4. The summed E-state index contributed by atoms with van der Waals surface area (Å²) in [5.41, 5.74) is 5.01. The summed E-state index contributed by atoms with van der Waals surface area (Å²) in [5.74, 6) is 0.256. The van der Waals surface area contributed by atoms with E-state index in [0.717, 1.165) is 6.42 Å². The van der Waals surface area contributed by atoms with Crippen LogP contribution >= 0.6 is 0 Å². The van der Waals surface area contributed by atoms with Gasteiger partial charge in [-0.2, -0.15) is 0 Å². The second-order valence-electron chi connectivity index (χ2n) is 2.61. The van der Waals surface area contributed by atoms with Crippen molar-refractivity contribution in [3.63, 3.8) is 0 Å². The summed E-state index contributed by atoms with van der Waals surface area (Å²) in [6.45, 7) is 4.64. The van der Waals surface area contributed by atoms with Crippen molar-refractivity contribution in [2.24, 2.45) is 11.7 Å². The zero-order valence-corrected chi connectivity index (χ0v) is 6.59. The third kappa shape index (κ3) is 5.56. The second kappa shape index (κ2) is 5.23. The van der Waals surface area contributed by atoms with Crippen LogP contribution in [0.15, 0.2) is 0 Å². The van der Waals surface area contributed by atoms with E-state index in [1.807, 2.05) is 0 Å². The number of carbonyl (C=O) groups is 1. The number of hydrogen-bond acceptors (Lipinski definition) is 3. The molecule has 10 heavy (non-hydrogen) atoms. The first-order chi connectivity index (χ1) is 4.66. The maximum absolute atomic E-state index is 10.4. The minimum absolute atomic E-state index is 0.0158. The van der Waals surface area contributed by atoms with E-state index in [0.29, 0.717) is 12.5 Å². The normalized spacial score (nSPS) is 10.0. The second-order valence-corrected chi connectivity index (χ2v) is 2.61. The van der Waals surface area contributed by atoms with Crippen molar-refractivity contribution >= 4 is 5.97 Å². The largest absolute Gasteiger partial charge is 0.465 e. The van der Waals surface area contributed by atoms with Gasteiger partial charge in [-0.1, -0.05) is 13.8 Å². The molecule has 0 saturated carbocycles. The lowest BCUT2D eigenvalue weighted by molar-refractivity contribution is -0.142. The van der Waals surface area contributed by atoms with E-state index in [2.05, 4.69) is 13.8 Å². The highest BCUT2D eigenvalue weighted by atomic mass is 16.5. The van der Waals surface area contributed by atoms with Crippen molar-refractivity contribution in [3.05, 3.63) is 0 Å². The minimum Gasteiger partial charge on any atom is -0.465 e. The Morgan fingerprint density at radius 2 is 2.20 bits per heavy atom. The number of rotatable bonds is 4. The molecule has 60 valence electrons. The lowest BCUT2D eigenvalue weighted by Gasteiger charge is -2.04. The van der Waals surface area contributed by atoms with Crippen LogP contribution in [0.2, 0.25) is 0 Å². The number of hydrogen-bond donors (Lipinski definition) is 1. The van der Waals surface area contributed by atoms with Crippen molar-refractivity contribution in [2.75, 3.05) is 13.2 Å². The number of esters is 1. The molecule has 0 saturated heterocycles. The van der Waals surface area contributed by atoms with E-state index in [4.69, 9.17) is 10.5 Å². The molecule has 0 fully saturated rings. The van der Waals surface area contributed by atoms with Gasteiger partial charge in [0, 0.05) is 0 Å². The van der Waals surface area contributed by atoms with Gasteiger partial charge in [0.2, 0.25) is 0 Å². The van der Waals surface area contributed by atoms with Gasteiger partial charge in [-0.15, -0.1) is 0 Å². The van der Waals surface area contributed by atoms with Crippen molar-refractivity contribution in [2.45, 2.75) is 20.3 Å². The van der Waals surface area contributed by atoms with Crippen LogP contribution in [-0.2, 0) is 9.53 Å². The molecule has 0 aromatic carbocycles. The van der Waals surface area contributed by atoms with E-state index in [1.54, 1.807) is 0 Å². The van der Waals surface area contributed by atoms with Gasteiger partial charge in [0.15, 0.2) is 0 Å². The van der Waals surface area contributed by atoms with Crippen LogP contribution in [-0.4, -0.2) is 19.1 Å². The first-order valence-electron chi connectivity index (χ1n) is 3.52. The summed E-state index contributed by atoms with van der Waals surface area (Å²) in [5, 5.41) is 0. The number of nitrogens with two attached hydrogens (primary N) is 1. The average Bonchev–Trinajstić information content (AvgIpc) is 1.87. The molecule has 0 aromatic rings. The monoisotopic (exact) mass is 145 g/mol. The Bertz CT molecular complexity index is 102. The summed E-state index contributed by atoms with van der Waals surface area (Å²) < 4.78 is 4.74. The Morgan fingerprint density at radius 1 is 1.60 bits per heavy atom. The van der Waals surface area contributed by atoms with Gasteiger partial charge in [0.1, 0.15) is 0 Å². The molecule has 3 nitrogen and oxygen atoms in total. The molecule has 0 aromatic heterocycles. The summed E-state index contributed by atoms with van der Waals surface area (Å²) in [6, 6.07) is 0. The predicted octanol–water partition coefficient (Wildman–Crippen LogP) is 0.534. The first-order valence-corrected chi connectivity index (χ1v) is 3.52. The molecular weight excluding hydrogens is 130 g/mol. The van der Waals surface area contributed by atoms with Crippen LogP contribution in [0, 0.1) is 5.92 Å². The van der Waals surface area contributed by atoms with E-state index in [9.17, 15) is 4.79 Å². The molecule has 0 atom stereocenters. The summed E-state index contributed by atoms with van der Waals surface area (Å²) in [6.07, 6.45) is 0.908. The SMILES string of the molecule is CC(C)CCOC(=O)CN. The molecule has 0 spiro atoms. The van der Waals surface area contributed by atoms with Gasteiger partial charge in [0.25, 0.3) is 0 Å². The first kappa shape index (κ1) is 9.43. The molecule has 0 unspecified atom stereocenters. The number of carbonyl (C=O) groups excluding carboxylic acids is 1. The Hall–Kier alpha value is -0.570. The Labute approximate surface area is 61.5 Å². The van der Waals surface area contributed by atoms with E-state index in [1.165, 1.54) is 0 Å². The lowest BCUT2D eigenvalue weighted by atomic mass is 10.1. The quantitative estimate of drug-likeness (QED) is 0.587. The highest BCUT2D eigenvalue weighted by molar-refractivity contribution is 5.71. The molecule has 3 heteroatoms. The van der Waals surface area contributed by atoms with Gasteiger partial charge in [-0.3, -0.25) is 4.79 Å². The van der Waals surface area contributed by atoms with Crippen LogP contribution in [0.25, 0.3) is 0 Å². The standard InChI is InChI=1S/C7H15NO2/c1-6(2)3-4-10-7(9)5-8/h6H,3-5,8H2,1-2H3. The van der Waals surface area contributed by atoms with Crippen molar-refractivity contribution in [3.8, 4) is 0 Å². The van der Waals surface area contributed by atoms with Gasteiger partial charge >= 0.3 is 5.97 Å². The molecule has 0 amide bonds. The van der Waals surface area contributed by atoms with Crippen LogP contribution in [0.3, 0.4) is 0 Å². The van der Waals surface area contributed by atoms with Crippen LogP contribution in [0.1, 0.15) is 20.3 Å². The fourth-order valence-corrected chi connectivity index (χ4v) is 0.467. The molecule has 0 heterocycles. The highest BCUT2D eigenvalue weighted by Gasteiger charge is 1.98. The Kier molecular flexibility index (Phi) is 4.94. The molecule has 0 bridgehead atoms. The number of ether oxygens (including phenoxy) is 1. The molecule has 0 aliphatic carbocycles. The molecule has 0 aliphatic rings. The molecular formula is C7H15NO2. The van der Waals surface area contributed by atoms with E-state index in [-0.39, 0.29) is 12.5 Å². The van der Waals surface area contributed by atoms with Crippen LogP contribution in [0.5, 0.6) is 0 Å². The van der Waals surface area contributed by atoms with Crippen molar-refractivity contribution in [1.82, 2.24) is 0 Å². The summed E-state index contributed by atoms with van der Waals surface area (Å²) in [4.78, 5) is 10.4. The highest BCUT2D eigenvalue weighted by Crippen LogP contribution is 1.98. The maximum Gasteiger partial charge on any atom is 0.319 e. The predicted molar refractivity (Wildman–Crippen MR) is 39.5 cm³/mol. The van der Waals surface area contributed by atoms with E-state index < -0.39 is 0 Å². The minimum atomic E-state index is -0.319. The summed E-state index contributed by atoms with van der Waals surface area (Å²) in [7, 11) is 0. The molecule has 0 rings (SSSR count). The lowest BCUT2D eigenvalue weighted by Crippen LogP contribution is -2.17. The van der Waals surface area contributed by atoms with Crippen molar-refractivity contribution in [1.29, 1.82) is 0 Å².